The van der Waals surface area contributed by atoms with Gasteiger partial charge < -0.3 is 10.1 Å². The molecule has 1 saturated carbocycles. The topological polar surface area (TPSA) is 84.5 Å². The first-order chi connectivity index (χ1) is 11.5. The standard InChI is InChI=1S/C17H18N2O4S/c1-23-15-10-7-12(17(20)18-13-5-3-2-4-6-13)11-16(15)24(21,22)19-14-8-9-14/h2-7,10-11,14,19H,8-9H2,1H3,(H,18,20). The minimum Gasteiger partial charge on any atom is -0.495 e. The Bertz CT molecular complexity index is 846. The fourth-order valence-corrected chi connectivity index (χ4v) is 3.74. The van der Waals surface area contributed by atoms with Gasteiger partial charge in [0.2, 0.25) is 10.0 Å². The van der Waals surface area contributed by atoms with Gasteiger partial charge in [-0.05, 0) is 43.2 Å². The highest BCUT2D eigenvalue weighted by Crippen LogP contribution is 2.28. The SMILES string of the molecule is COc1ccc(C(=O)Nc2ccccc2)cc1S(=O)(=O)NC1CC1. The van der Waals surface area contributed by atoms with Crippen LogP contribution < -0.4 is 14.8 Å². The third-order valence-corrected chi connectivity index (χ3v) is 5.19. The highest BCUT2D eigenvalue weighted by Gasteiger charge is 2.30. The Hall–Kier alpha value is -2.38. The number of para-hydroxylation sites is 1. The van der Waals surface area contributed by atoms with E-state index in [0.29, 0.717) is 5.69 Å². The van der Waals surface area contributed by atoms with E-state index in [-0.39, 0.29) is 28.2 Å². The fourth-order valence-electron chi connectivity index (χ4n) is 2.24. The van der Waals surface area contributed by atoms with Crippen molar-refractivity contribution in [1.29, 1.82) is 0 Å². The number of hydrogen-bond donors (Lipinski definition) is 2. The van der Waals surface area contributed by atoms with E-state index in [1.807, 2.05) is 6.07 Å². The number of hydrogen-bond acceptors (Lipinski definition) is 4. The van der Waals surface area contributed by atoms with Crippen LogP contribution in [0.2, 0.25) is 0 Å². The largest absolute Gasteiger partial charge is 0.495 e. The molecule has 1 aliphatic carbocycles. The Morgan fingerprint density at radius 2 is 1.83 bits per heavy atom. The lowest BCUT2D eigenvalue weighted by atomic mass is 10.2. The third-order valence-electron chi connectivity index (χ3n) is 3.65. The molecule has 2 aromatic rings. The predicted octanol–water partition coefficient (Wildman–Crippen LogP) is 2.39. The van der Waals surface area contributed by atoms with E-state index in [9.17, 15) is 13.2 Å². The zero-order valence-corrected chi connectivity index (χ0v) is 14.0. The van der Waals surface area contributed by atoms with Gasteiger partial charge in [0.15, 0.2) is 0 Å². The number of anilines is 1. The minimum absolute atomic E-state index is 0.0264. The molecule has 2 aromatic carbocycles. The molecular formula is C17H18N2O4S. The van der Waals surface area contributed by atoms with Crippen LogP contribution in [0.15, 0.2) is 53.4 Å². The van der Waals surface area contributed by atoms with E-state index in [2.05, 4.69) is 10.0 Å². The molecule has 0 aliphatic heterocycles. The van der Waals surface area contributed by atoms with E-state index >= 15 is 0 Å². The van der Waals surface area contributed by atoms with Gasteiger partial charge in [-0.15, -0.1) is 0 Å². The van der Waals surface area contributed by atoms with Crippen LogP contribution in [-0.2, 0) is 10.0 Å². The van der Waals surface area contributed by atoms with Gasteiger partial charge in [-0.1, -0.05) is 18.2 Å². The highest BCUT2D eigenvalue weighted by atomic mass is 32.2. The Kier molecular flexibility index (Phi) is 4.55. The first kappa shape index (κ1) is 16.5. The second kappa shape index (κ2) is 6.62. The molecule has 0 atom stereocenters. The van der Waals surface area contributed by atoms with Crippen molar-refractivity contribution in [3.63, 3.8) is 0 Å². The van der Waals surface area contributed by atoms with Crippen LogP contribution >= 0.6 is 0 Å². The maximum absolute atomic E-state index is 12.5. The summed E-state index contributed by atoms with van der Waals surface area (Å²) >= 11 is 0. The molecule has 0 radical (unpaired) electrons. The molecule has 24 heavy (non-hydrogen) atoms. The molecule has 0 aromatic heterocycles. The summed E-state index contributed by atoms with van der Waals surface area (Å²) in [5, 5.41) is 2.73. The summed E-state index contributed by atoms with van der Waals surface area (Å²) in [5.74, 6) is -0.175. The van der Waals surface area contributed by atoms with Crippen molar-refractivity contribution >= 4 is 21.6 Å². The average molecular weight is 346 g/mol. The van der Waals surface area contributed by atoms with Crippen LogP contribution in [0.4, 0.5) is 5.69 Å². The van der Waals surface area contributed by atoms with E-state index in [4.69, 9.17) is 4.74 Å². The molecule has 0 bridgehead atoms. The van der Waals surface area contributed by atoms with Gasteiger partial charge in [0.1, 0.15) is 10.6 Å². The number of nitrogens with one attached hydrogen (secondary N) is 2. The molecular weight excluding hydrogens is 328 g/mol. The number of carbonyl (C=O) groups excluding carboxylic acids is 1. The van der Waals surface area contributed by atoms with Gasteiger partial charge in [-0.3, -0.25) is 4.79 Å². The van der Waals surface area contributed by atoms with Crippen LogP contribution in [0.5, 0.6) is 5.75 Å². The minimum atomic E-state index is -3.72. The quantitative estimate of drug-likeness (QED) is 0.841. The van der Waals surface area contributed by atoms with Crippen LogP contribution in [0.1, 0.15) is 23.2 Å². The first-order valence-corrected chi connectivity index (χ1v) is 9.05. The Balaban J connectivity index is 1.89. The number of ether oxygens (including phenoxy) is 1. The summed E-state index contributed by atoms with van der Waals surface area (Å²) in [7, 11) is -2.33. The molecule has 0 spiro atoms. The van der Waals surface area contributed by atoms with E-state index in [1.165, 1.54) is 25.3 Å². The van der Waals surface area contributed by atoms with Gasteiger partial charge in [0.25, 0.3) is 5.91 Å². The summed E-state index contributed by atoms with van der Waals surface area (Å²) < 4.78 is 32.7. The molecule has 1 aliphatic rings. The number of sulfonamides is 1. The Labute approximate surface area is 140 Å². The van der Waals surface area contributed by atoms with Gasteiger partial charge in [-0.2, -0.15) is 0 Å². The van der Waals surface area contributed by atoms with Crippen molar-refractivity contribution in [2.75, 3.05) is 12.4 Å². The number of rotatable bonds is 6. The summed E-state index contributed by atoms with van der Waals surface area (Å²) in [6.45, 7) is 0. The molecule has 126 valence electrons. The molecule has 6 nitrogen and oxygen atoms in total. The first-order valence-electron chi connectivity index (χ1n) is 7.56. The summed E-state index contributed by atoms with van der Waals surface area (Å²) in [5.41, 5.74) is 0.884. The zero-order chi connectivity index (χ0) is 17.2. The average Bonchev–Trinajstić information content (AvgIpc) is 3.38. The van der Waals surface area contributed by atoms with E-state index in [1.54, 1.807) is 24.3 Å². The lowest BCUT2D eigenvalue weighted by Crippen LogP contribution is -2.26. The van der Waals surface area contributed by atoms with Crippen molar-refractivity contribution < 1.29 is 17.9 Å². The summed E-state index contributed by atoms with van der Waals surface area (Å²) in [4.78, 5) is 12.3. The van der Waals surface area contributed by atoms with E-state index in [0.717, 1.165) is 12.8 Å². The van der Waals surface area contributed by atoms with Crippen LogP contribution in [0.25, 0.3) is 0 Å². The van der Waals surface area contributed by atoms with Gasteiger partial charge >= 0.3 is 0 Å². The van der Waals surface area contributed by atoms with Crippen molar-refractivity contribution in [2.24, 2.45) is 0 Å². The molecule has 1 amide bonds. The summed E-state index contributed by atoms with van der Waals surface area (Å²) in [6, 6.07) is 13.3. The number of carbonyl (C=O) groups is 1. The zero-order valence-electron chi connectivity index (χ0n) is 13.2. The maximum Gasteiger partial charge on any atom is 0.255 e. The van der Waals surface area contributed by atoms with Crippen LogP contribution in [0, 0.1) is 0 Å². The normalized spacial score (nSPS) is 14.2. The molecule has 0 heterocycles. The maximum atomic E-state index is 12.5. The lowest BCUT2D eigenvalue weighted by molar-refractivity contribution is 0.102. The number of benzene rings is 2. The van der Waals surface area contributed by atoms with Crippen molar-refractivity contribution in [2.45, 2.75) is 23.8 Å². The van der Waals surface area contributed by atoms with Crippen molar-refractivity contribution in [3.8, 4) is 5.75 Å². The van der Waals surface area contributed by atoms with Crippen LogP contribution in [0.3, 0.4) is 0 Å². The van der Waals surface area contributed by atoms with E-state index < -0.39 is 10.0 Å². The van der Waals surface area contributed by atoms with Crippen LogP contribution in [-0.4, -0.2) is 27.5 Å². The third kappa shape index (κ3) is 3.74. The molecule has 1 fully saturated rings. The van der Waals surface area contributed by atoms with Gasteiger partial charge in [-0.25, -0.2) is 13.1 Å². The monoisotopic (exact) mass is 346 g/mol. The smallest absolute Gasteiger partial charge is 0.255 e. The molecule has 0 saturated heterocycles. The number of methoxy groups -OCH3 is 1. The molecule has 2 N–H and O–H groups in total. The van der Waals surface area contributed by atoms with Crippen molar-refractivity contribution in [3.05, 3.63) is 54.1 Å². The fraction of sp³-hybridized carbons (Fsp3) is 0.235. The van der Waals surface area contributed by atoms with Gasteiger partial charge in [0, 0.05) is 17.3 Å². The molecule has 7 heteroatoms. The Morgan fingerprint density at radius 1 is 1.12 bits per heavy atom. The molecule has 0 unspecified atom stereocenters. The highest BCUT2D eigenvalue weighted by molar-refractivity contribution is 7.89. The molecule has 3 rings (SSSR count). The Morgan fingerprint density at radius 3 is 2.46 bits per heavy atom. The number of amides is 1. The van der Waals surface area contributed by atoms with Crippen molar-refractivity contribution in [1.82, 2.24) is 4.72 Å². The summed E-state index contributed by atoms with van der Waals surface area (Å²) in [6.07, 6.45) is 1.66. The lowest BCUT2D eigenvalue weighted by Gasteiger charge is -2.12. The second-order valence-corrected chi connectivity index (χ2v) is 7.26. The second-order valence-electron chi connectivity index (χ2n) is 5.58. The predicted molar refractivity (Wildman–Crippen MR) is 90.7 cm³/mol. The van der Waals surface area contributed by atoms with Gasteiger partial charge in [0.05, 0.1) is 7.11 Å².